The molecule has 7 nitrogen and oxygen atoms in total. The zero-order valence-electron chi connectivity index (χ0n) is 17.0. The van der Waals surface area contributed by atoms with Crippen molar-refractivity contribution in [3.05, 3.63) is 41.5 Å². The second-order valence-electron chi connectivity index (χ2n) is 8.17. The molecule has 2 heterocycles. The number of fused-ring (bicyclic) bond motifs is 1. The van der Waals surface area contributed by atoms with Crippen LogP contribution in [-0.2, 0) is 27.4 Å². The summed E-state index contributed by atoms with van der Waals surface area (Å²) in [5, 5.41) is 3.88. The van der Waals surface area contributed by atoms with Crippen molar-refractivity contribution in [1.82, 2.24) is 10.1 Å². The number of esters is 1. The number of anilines is 1. The summed E-state index contributed by atoms with van der Waals surface area (Å²) in [6.45, 7) is 4.56. The van der Waals surface area contributed by atoms with E-state index >= 15 is 0 Å². The molecular formula is C22H27N3O4. The van der Waals surface area contributed by atoms with Crippen LogP contribution in [0.15, 0.2) is 28.8 Å². The van der Waals surface area contributed by atoms with Crippen LogP contribution in [0.4, 0.5) is 5.69 Å². The second kappa shape index (κ2) is 8.35. The van der Waals surface area contributed by atoms with E-state index in [-0.39, 0.29) is 36.2 Å². The van der Waals surface area contributed by atoms with Gasteiger partial charge >= 0.3 is 5.97 Å². The molecule has 0 unspecified atom stereocenters. The number of carbonyl (C=O) groups is 2. The Balaban J connectivity index is 1.43. The maximum absolute atomic E-state index is 13.3. The standard InChI is InChI=1S/C22H27N3O4/c1-14(2)20-23-19(29-24-20)13-28-22(27)17-9-5-4-8-16(17)21(26)25-12-11-15-7-3-6-10-18(15)25/h3,6-7,10,14,16-17H,4-5,8-9,11-13H2,1-2H3/t16-,17-/m1/s1. The van der Waals surface area contributed by atoms with E-state index in [0.717, 1.165) is 31.4 Å². The number of hydrogen-bond acceptors (Lipinski definition) is 6. The molecule has 2 aliphatic rings. The Bertz CT molecular complexity index is 892. The fourth-order valence-corrected chi connectivity index (χ4v) is 4.28. The van der Waals surface area contributed by atoms with Crippen molar-refractivity contribution in [2.75, 3.05) is 11.4 Å². The molecule has 1 aromatic carbocycles. The minimum Gasteiger partial charge on any atom is -0.455 e. The van der Waals surface area contributed by atoms with Crippen molar-refractivity contribution in [3.8, 4) is 0 Å². The van der Waals surface area contributed by atoms with E-state index in [1.165, 1.54) is 5.56 Å². The first-order valence-electron chi connectivity index (χ1n) is 10.4. The number of rotatable bonds is 5. The summed E-state index contributed by atoms with van der Waals surface area (Å²) in [6.07, 6.45) is 4.13. The molecule has 7 heteroatoms. The zero-order chi connectivity index (χ0) is 20.4. The maximum atomic E-state index is 13.3. The molecule has 2 aromatic rings. The summed E-state index contributed by atoms with van der Waals surface area (Å²) >= 11 is 0. The van der Waals surface area contributed by atoms with Gasteiger partial charge in [0.15, 0.2) is 12.4 Å². The fourth-order valence-electron chi connectivity index (χ4n) is 4.28. The van der Waals surface area contributed by atoms with Gasteiger partial charge in [-0.3, -0.25) is 9.59 Å². The summed E-state index contributed by atoms with van der Waals surface area (Å²) in [4.78, 5) is 32.2. The first-order chi connectivity index (χ1) is 14.0. The number of carbonyl (C=O) groups excluding carboxylic acids is 2. The van der Waals surface area contributed by atoms with Crippen LogP contribution in [-0.4, -0.2) is 28.6 Å². The minimum atomic E-state index is -0.420. The predicted octanol–water partition coefficient (Wildman–Crippen LogP) is 3.63. The van der Waals surface area contributed by atoms with Crippen molar-refractivity contribution >= 4 is 17.6 Å². The summed E-state index contributed by atoms with van der Waals surface area (Å²) in [5.41, 5.74) is 2.16. The van der Waals surface area contributed by atoms with Gasteiger partial charge in [-0.25, -0.2) is 0 Å². The van der Waals surface area contributed by atoms with Crippen molar-refractivity contribution in [2.24, 2.45) is 11.8 Å². The normalized spacial score (nSPS) is 21.3. The molecule has 4 rings (SSSR count). The Hall–Kier alpha value is -2.70. The highest BCUT2D eigenvalue weighted by atomic mass is 16.6. The largest absolute Gasteiger partial charge is 0.455 e. The molecule has 154 valence electrons. The third-order valence-electron chi connectivity index (χ3n) is 5.88. The topological polar surface area (TPSA) is 85.5 Å². The van der Waals surface area contributed by atoms with E-state index in [4.69, 9.17) is 9.26 Å². The molecular weight excluding hydrogens is 370 g/mol. The van der Waals surface area contributed by atoms with Crippen LogP contribution in [0, 0.1) is 11.8 Å². The maximum Gasteiger partial charge on any atom is 0.310 e. The van der Waals surface area contributed by atoms with Gasteiger partial charge in [0.1, 0.15) is 0 Å². The Morgan fingerprint density at radius 3 is 2.72 bits per heavy atom. The van der Waals surface area contributed by atoms with Crippen molar-refractivity contribution in [1.29, 1.82) is 0 Å². The molecule has 1 aliphatic carbocycles. The molecule has 1 aliphatic heterocycles. The monoisotopic (exact) mass is 397 g/mol. The van der Waals surface area contributed by atoms with Gasteiger partial charge in [0, 0.05) is 18.2 Å². The van der Waals surface area contributed by atoms with E-state index in [9.17, 15) is 9.59 Å². The molecule has 1 amide bonds. The lowest BCUT2D eigenvalue weighted by Crippen LogP contribution is -2.42. The van der Waals surface area contributed by atoms with Crippen LogP contribution in [0.1, 0.15) is 62.7 Å². The van der Waals surface area contributed by atoms with Crippen LogP contribution in [0.2, 0.25) is 0 Å². The smallest absolute Gasteiger partial charge is 0.310 e. The summed E-state index contributed by atoms with van der Waals surface area (Å²) < 4.78 is 10.6. The number of amides is 1. The first kappa shape index (κ1) is 19.6. The van der Waals surface area contributed by atoms with E-state index in [1.54, 1.807) is 0 Å². The van der Waals surface area contributed by atoms with Gasteiger partial charge < -0.3 is 14.2 Å². The molecule has 29 heavy (non-hydrogen) atoms. The Labute approximate surface area is 170 Å². The number of nitrogens with zero attached hydrogens (tertiary/aromatic N) is 3. The van der Waals surface area contributed by atoms with E-state index < -0.39 is 5.92 Å². The number of ether oxygens (including phenoxy) is 1. The van der Waals surface area contributed by atoms with Crippen molar-refractivity contribution in [2.45, 2.75) is 58.5 Å². The van der Waals surface area contributed by atoms with Gasteiger partial charge in [-0.1, -0.05) is 50.0 Å². The van der Waals surface area contributed by atoms with Gasteiger partial charge in [-0.05, 0) is 30.9 Å². The quantitative estimate of drug-likeness (QED) is 0.716. The Morgan fingerprint density at radius 2 is 1.97 bits per heavy atom. The summed E-state index contributed by atoms with van der Waals surface area (Å²) in [6, 6.07) is 7.99. The molecule has 2 atom stereocenters. The zero-order valence-corrected chi connectivity index (χ0v) is 17.0. The average Bonchev–Trinajstić information content (AvgIpc) is 3.39. The SMILES string of the molecule is CC(C)c1noc(COC(=O)[C@@H]2CCCC[C@H]2C(=O)N2CCc3ccccc32)n1. The fraction of sp³-hybridized carbons (Fsp3) is 0.545. The van der Waals surface area contributed by atoms with Gasteiger partial charge in [-0.2, -0.15) is 4.98 Å². The third-order valence-corrected chi connectivity index (χ3v) is 5.88. The van der Waals surface area contributed by atoms with Gasteiger partial charge in [0.25, 0.3) is 5.89 Å². The highest BCUT2D eigenvalue weighted by molar-refractivity contribution is 5.99. The molecule has 1 fully saturated rings. The Morgan fingerprint density at radius 1 is 1.21 bits per heavy atom. The summed E-state index contributed by atoms with van der Waals surface area (Å²) in [7, 11) is 0. The summed E-state index contributed by atoms with van der Waals surface area (Å²) in [5.74, 6) is -0.0420. The van der Waals surface area contributed by atoms with E-state index in [2.05, 4.69) is 16.2 Å². The molecule has 1 saturated carbocycles. The highest BCUT2D eigenvalue weighted by Gasteiger charge is 2.40. The molecule has 0 bridgehead atoms. The number of para-hydroxylation sites is 1. The molecule has 0 spiro atoms. The number of benzene rings is 1. The van der Waals surface area contributed by atoms with E-state index in [0.29, 0.717) is 18.8 Å². The first-order valence-corrected chi connectivity index (χ1v) is 10.4. The number of hydrogen-bond donors (Lipinski definition) is 0. The van der Waals surface area contributed by atoms with Crippen LogP contribution in [0.25, 0.3) is 0 Å². The van der Waals surface area contributed by atoms with Crippen LogP contribution >= 0.6 is 0 Å². The lowest BCUT2D eigenvalue weighted by molar-refractivity contribution is -0.156. The van der Waals surface area contributed by atoms with Crippen molar-refractivity contribution in [3.63, 3.8) is 0 Å². The van der Waals surface area contributed by atoms with E-state index in [1.807, 2.05) is 36.9 Å². The molecule has 0 N–H and O–H groups in total. The predicted molar refractivity (Wildman–Crippen MR) is 106 cm³/mol. The van der Waals surface area contributed by atoms with Crippen molar-refractivity contribution < 1.29 is 18.8 Å². The van der Waals surface area contributed by atoms with Crippen LogP contribution in [0.3, 0.4) is 0 Å². The van der Waals surface area contributed by atoms with Crippen LogP contribution < -0.4 is 4.90 Å². The van der Waals surface area contributed by atoms with Gasteiger partial charge in [0.05, 0.1) is 11.8 Å². The van der Waals surface area contributed by atoms with Crippen LogP contribution in [0.5, 0.6) is 0 Å². The van der Waals surface area contributed by atoms with Gasteiger partial charge in [0.2, 0.25) is 5.91 Å². The molecule has 0 radical (unpaired) electrons. The highest BCUT2D eigenvalue weighted by Crippen LogP contribution is 2.36. The second-order valence-corrected chi connectivity index (χ2v) is 8.17. The number of aromatic nitrogens is 2. The van der Waals surface area contributed by atoms with Gasteiger partial charge in [-0.15, -0.1) is 0 Å². The average molecular weight is 397 g/mol. The third kappa shape index (κ3) is 4.04. The molecule has 0 saturated heterocycles. The molecule has 1 aromatic heterocycles. The Kier molecular flexibility index (Phi) is 5.65. The lowest BCUT2D eigenvalue weighted by Gasteiger charge is -2.32. The minimum absolute atomic E-state index is 0.0384. The lowest BCUT2D eigenvalue weighted by atomic mass is 9.78.